The number of nitrogens with zero attached hydrogens (tertiary/aromatic N) is 3. The Morgan fingerprint density at radius 3 is 2.82 bits per heavy atom. The summed E-state index contributed by atoms with van der Waals surface area (Å²) in [4.78, 5) is 15.2. The van der Waals surface area contributed by atoms with E-state index in [4.69, 9.17) is 0 Å². The summed E-state index contributed by atoms with van der Waals surface area (Å²) >= 11 is 0. The first-order valence-electron chi connectivity index (χ1n) is 5.20. The minimum atomic E-state index is -0.272. The molecule has 1 N–H and O–H groups in total. The van der Waals surface area contributed by atoms with Crippen molar-refractivity contribution in [3.8, 4) is 0 Å². The van der Waals surface area contributed by atoms with Crippen molar-refractivity contribution in [1.29, 1.82) is 0 Å². The van der Waals surface area contributed by atoms with E-state index >= 15 is 0 Å². The highest BCUT2D eigenvalue weighted by Crippen LogP contribution is 2.08. The van der Waals surface area contributed by atoms with Crippen LogP contribution >= 0.6 is 0 Å². The molecule has 1 heterocycles. The summed E-state index contributed by atoms with van der Waals surface area (Å²) in [5, 5.41) is 10.8. The third kappa shape index (κ3) is 2.87. The number of para-hydroxylation sites is 1. The van der Waals surface area contributed by atoms with Crippen LogP contribution in [0.3, 0.4) is 0 Å². The smallest absolute Gasteiger partial charge is 0.307 e. The number of hydrogen-bond donors (Lipinski definition) is 1. The number of carbonyl (C=O) groups is 1. The number of fused-ring (bicyclic) bond motifs is 1. The van der Waals surface area contributed by atoms with Gasteiger partial charge in [0.2, 0.25) is 5.95 Å². The summed E-state index contributed by atoms with van der Waals surface area (Å²) in [6, 6.07) is 7.46. The van der Waals surface area contributed by atoms with Crippen LogP contribution in [0.1, 0.15) is 6.42 Å². The van der Waals surface area contributed by atoms with Crippen molar-refractivity contribution in [2.75, 3.05) is 19.0 Å². The zero-order chi connectivity index (χ0) is 12.1. The Bertz CT molecular complexity index is 530. The molecule has 0 aliphatic heterocycles. The second-order valence-electron chi connectivity index (χ2n) is 3.38. The monoisotopic (exact) mass is 232 g/mol. The third-order valence-electron chi connectivity index (χ3n) is 2.20. The van der Waals surface area contributed by atoms with Crippen molar-refractivity contribution in [3.05, 3.63) is 24.3 Å². The van der Waals surface area contributed by atoms with E-state index in [1.54, 1.807) is 0 Å². The van der Waals surface area contributed by atoms with Gasteiger partial charge in [0.05, 0.1) is 19.0 Å². The highest BCUT2D eigenvalue weighted by atomic mass is 16.5. The maximum atomic E-state index is 10.9. The van der Waals surface area contributed by atoms with Gasteiger partial charge in [0.15, 0.2) is 0 Å². The molecule has 6 nitrogen and oxygen atoms in total. The Balaban J connectivity index is 2.02. The van der Waals surface area contributed by atoms with Crippen molar-refractivity contribution in [2.45, 2.75) is 6.42 Å². The molecule has 0 saturated carbocycles. The largest absolute Gasteiger partial charge is 0.469 e. The topological polar surface area (TPSA) is 77.0 Å². The summed E-state index contributed by atoms with van der Waals surface area (Å²) in [6.07, 6.45) is 0.271. The van der Waals surface area contributed by atoms with Crippen LogP contribution in [0.25, 0.3) is 11.0 Å². The first-order valence-corrected chi connectivity index (χ1v) is 5.20. The zero-order valence-electron chi connectivity index (χ0n) is 9.38. The lowest BCUT2D eigenvalue weighted by atomic mass is 10.3. The van der Waals surface area contributed by atoms with Gasteiger partial charge < -0.3 is 10.1 Å². The number of aromatic nitrogens is 3. The number of carbonyl (C=O) groups excluding carboxylic acids is 1. The Kier molecular flexibility index (Phi) is 3.44. The number of esters is 1. The molecule has 0 fully saturated rings. The van der Waals surface area contributed by atoms with Crippen molar-refractivity contribution >= 4 is 23.0 Å². The molecule has 2 rings (SSSR count). The third-order valence-corrected chi connectivity index (χ3v) is 2.20. The van der Waals surface area contributed by atoms with E-state index < -0.39 is 0 Å². The molecule has 0 atom stereocenters. The highest BCUT2D eigenvalue weighted by molar-refractivity contribution is 5.74. The van der Waals surface area contributed by atoms with Gasteiger partial charge in [-0.1, -0.05) is 12.1 Å². The minimum Gasteiger partial charge on any atom is -0.469 e. The maximum absolute atomic E-state index is 10.9. The lowest BCUT2D eigenvalue weighted by Gasteiger charge is -2.03. The van der Waals surface area contributed by atoms with E-state index in [1.807, 2.05) is 24.3 Å². The molecule has 0 aliphatic carbocycles. The zero-order valence-corrected chi connectivity index (χ0v) is 9.38. The highest BCUT2D eigenvalue weighted by Gasteiger charge is 2.02. The standard InChI is InChI=1S/C11H12N4O2/c1-17-10(16)6-7-12-11-13-8-4-2-3-5-9(8)14-15-11/h2-5H,6-7H2,1H3,(H,12,13,15). The van der Waals surface area contributed by atoms with Crippen LogP contribution in [0.15, 0.2) is 24.3 Å². The molecule has 0 aliphatic rings. The van der Waals surface area contributed by atoms with E-state index in [2.05, 4.69) is 25.2 Å². The van der Waals surface area contributed by atoms with Gasteiger partial charge >= 0.3 is 5.97 Å². The molecular formula is C11H12N4O2. The van der Waals surface area contributed by atoms with E-state index in [0.717, 1.165) is 11.0 Å². The number of ether oxygens (including phenoxy) is 1. The number of benzene rings is 1. The quantitative estimate of drug-likeness (QED) is 0.792. The number of hydrogen-bond acceptors (Lipinski definition) is 6. The SMILES string of the molecule is COC(=O)CCNc1nnc2ccccc2n1. The van der Waals surface area contributed by atoms with Crippen molar-refractivity contribution in [3.63, 3.8) is 0 Å². The molecule has 0 saturated heterocycles. The molecule has 0 amide bonds. The first kappa shape index (κ1) is 11.3. The van der Waals surface area contributed by atoms with Crippen LogP contribution in [-0.2, 0) is 9.53 Å². The molecule has 1 aromatic carbocycles. The van der Waals surface area contributed by atoms with Gasteiger partial charge in [0.25, 0.3) is 0 Å². The van der Waals surface area contributed by atoms with Gasteiger partial charge in [-0.05, 0) is 12.1 Å². The molecular weight excluding hydrogens is 220 g/mol. The van der Waals surface area contributed by atoms with E-state index in [9.17, 15) is 4.79 Å². The van der Waals surface area contributed by atoms with Crippen LogP contribution in [0.4, 0.5) is 5.95 Å². The number of nitrogens with one attached hydrogen (secondary N) is 1. The normalized spacial score (nSPS) is 10.2. The first-order chi connectivity index (χ1) is 8.29. The van der Waals surface area contributed by atoms with Crippen LogP contribution in [0.5, 0.6) is 0 Å². The Morgan fingerprint density at radius 1 is 1.29 bits per heavy atom. The second-order valence-corrected chi connectivity index (χ2v) is 3.38. The molecule has 0 unspecified atom stereocenters. The number of anilines is 1. The molecule has 1 aromatic heterocycles. The molecule has 0 bridgehead atoms. The Labute approximate surface area is 98.0 Å². The predicted octanol–water partition coefficient (Wildman–Crippen LogP) is 1.000. The summed E-state index contributed by atoms with van der Waals surface area (Å²) in [5.41, 5.74) is 1.51. The Hall–Kier alpha value is -2.24. The fraction of sp³-hybridized carbons (Fsp3) is 0.273. The van der Waals surface area contributed by atoms with Gasteiger partial charge in [-0.2, -0.15) is 0 Å². The van der Waals surface area contributed by atoms with Crippen LogP contribution in [0, 0.1) is 0 Å². The number of methoxy groups -OCH3 is 1. The van der Waals surface area contributed by atoms with Crippen molar-refractivity contribution in [2.24, 2.45) is 0 Å². The summed E-state index contributed by atoms with van der Waals surface area (Å²) in [5.74, 6) is 0.138. The summed E-state index contributed by atoms with van der Waals surface area (Å²) < 4.78 is 4.52. The molecule has 17 heavy (non-hydrogen) atoms. The van der Waals surface area contributed by atoms with Crippen molar-refractivity contribution in [1.82, 2.24) is 15.2 Å². The lowest BCUT2D eigenvalue weighted by Crippen LogP contribution is -2.11. The lowest BCUT2D eigenvalue weighted by molar-refractivity contribution is -0.140. The maximum Gasteiger partial charge on any atom is 0.307 e. The van der Waals surface area contributed by atoms with Crippen LogP contribution < -0.4 is 5.32 Å². The van der Waals surface area contributed by atoms with E-state index in [0.29, 0.717) is 12.5 Å². The molecule has 0 radical (unpaired) electrons. The number of rotatable bonds is 4. The average molecular weight is 232 g/mol. The molecule has 6 heteroatoms. The summed E-state index contributed by atoms with van der Waals surface area (Å²) in [7, 11) is 1.36. The van der Waals surface area contributed by atoms with Crippen LogP contribution in [-0.4, -0.2) is 34.8 Å². The Morgan fingerprint density at radius 2 is 2.06 bits per heavy atom. The van der Waals surface area contributed by atoms with E-state index in [1.165, 1.54) is 7.11 Å². The van der Waals surface area contributed by atoms with Crippen molar-refractivity contribution < 1.29 is 9.53 Å². The molecule has 88 valence electrons. The van der Waals surface area contributed by atoms with Gasteiger partial charge in [-0.3, -0.25) is 4.79 Å². The van der Waals surface area contributed by atoms with Gasteiger partial charge in [-0.15, -0.1) is 10.2 Å². The molecule has 2 aromatic rings. The van der Waals surface area contributed by atoms with Gasteiger partial charge in [0, 0.05) is 6.54 Å². The minimum absolute atomic E-state index is 0.271. The van der Waals surface area contributed by atoms with Gasteiger partial charge in [0.1, 0.15) is 5.52 Å². The summed E-state index contributed by atoms with van der Waals surface area (Å²) in [6.45, 7) is 0.423. The molecule has 0 spiro atoms. The van der Waals surface area contributed by atoms with Crippen LogP contribution in [0.2, 0.25) is 0 Å². The predicted molar refractivity (Wildman–Crippen MR) is 62.5 cm³/mol. The van der Waals surface area contributed by atoms with Gasteiger partial charge in [-0.25, -0.2) is 4.98 Å². The second kappa shape index (κ2) is 5.20. The fourth-order valence-corrected chi connectivity index (χ4v) is 1.33. The average Bonchev–Trinajstić information content (AvgIpc) is 2.38. The fourth-order valence-electron chi connectivity index (χ4n) is 1.33. The van der Waals surface area contributed by atoms with E-state index in [-0.39, 0.29) is 12.4 Å².